The minimum atomic E-state index is -4.92. The lowest BCUT2D eigenvalue weighted by Gasteiger charge is -2.10. The van der Waals surface area contributed by atoms with Crippen molar-refractivity contribution in [1.82, 2.24) is 9.97 Å². The van der Waals surface area contributed by atoms with Crippen LogP contribution in [-0.4, -0.2) is 18.4 Å². The van der Waals surface area contributed by atoms with E-state index < -0.39 is 31.2 Å². The number of aromatic nitrogens is 2. The third-order valence-corrected chi connectivity index (χ3v) is 3.68. The maximum absolute atomic E-state index is 12.9. The van der Waals surface area contributed by atoms with E-state index in [0.717, 1.165) is 12.1 Å². The number of fused-ring (bicyclic) bond motifs is 1. The zero-order valence-corrected chi connectivity index (χ0v) is 10.5. The monoisotopic (exact) mass is 318 g/mol. The fourth-order valence-electron chi connectivity index (χ4n) is 1.50. The lowest BCUT2D eigenvalue weighted by Crippen LogP contribution is -2.11. The van der Waals surface area contributed by atoms with Crippen molar-refractivity contribution in [1.29, 1.82) is 0 Å². The van der Waals surface area contributed by atoms with Gasteiger partial charge in [-0.25, -0.2) is 13.4 Å². The van der Waals surface area contributed by atoms with E-state index in [4.69, 9.17) is 22.3 Å². The van der Waals surface area contributed by atoms with E-state index in [-0.39, 0.29) is 10.8 Å². The second-order valence-corrected chi connectivity index (χ2v) is 6.19. The first-order valence-corrected chi connectivity index (χ1v) is 6.99. The molecular formula is C8H3Cl2F3N2O2S. The number of nitrogens with zero attached hydrogens (tertiary/aromatic N) is 1. The highest BCUT2D eigenvalue weighted by atomic mass is 35.7. The van der Waals surface area contributed by atoms with Gasteiger partial charge >= 0.3 is 6.18 Å². The number of halogens is 5. The van der Waals surface area contributed by atoms with E-state index in [1.165, 1.54) is 0 Å². The van der Waals surface area contributed by atoms with E-state index in [2.05, 4.69) is 9.97 Å². The van der Waals surface area contributed by atoms with E-state index in [9.17, 15) is 21.6 Å². The van der Waals surface area contributed by atoms with E-state index in [1.54, 1.807) is 0 Å². The van der Waals surface area contributed by atoms with Gasteiger partial charge in [0.15, 0.2) is 0 Å². The molecule has 0 radical (unpaired) electrons. The summed E-state index contributed by atoms with van der Waals surface area (Å²) in [6, 6.07) is 1.86. The molecule has 1 heterocycles. The predicted molar refractivity (Wildman–Crippen MR) is 59.1 cm³/mol. The topological polar surface area (TPSA) is 62.8 Å². The third-order valence-electron chi connectivity index (χ3n) is 2.13. The highest BCUT2D eigenvalue weighted by Crippen LogP contribution is 2.39. The van der Waals surface area contributed by atoms with E-state index in [0.29, 0.717) is 0 Å². The molecule has 0 saturated heterocycles. The molecular weight excluding hydrogens is 316 g/mol. The number of imidazole rings is 1. The van der Waals surface area contributed by atoms with Gasteiger partial charge in [-0.15, -0.1) is 0 Å². The van der Waals surface area contributed by atoms with Crippen LogP contribution in [-0.2, 0) is 15.2 Å². The summed E-state index contributed by atoms with van der Waals surface area (Å²) in [5.41, 5.74) is -2.05. The SMILES string of the molecule is O=S(=O)(Cl)c1ccc2[nH]c(Cl)nc2c1C(F)(F)F. The zero-order valence-electron chi connectivity index (χ0n) is 8.22. The van der Waals surface area contributed by atoms with Gasteiger partial charge < -0.3 is 4.98 Å². The molecule has 0 fully saturated rings. The average Bonchev–Trinajstić information content (AvgIpc) is 2.52. The van der Waals surface area contributed by atoms with Gasteiger partial charge in [0.2, 0.25) is 5.28 Å². The Morgan fingerprint density at radius 3 is 2.39 bits per heavy atom. The largest absolute Gasteiger partial charge is 0.419 e. The third kappa shape index (κ3) is 2.27. The van der Waals surface area contributed by atoms with Crippen LogP contribution in [0.25, 0.3) is 11.0 Å². The highest BCUT2D eigenvalue weighted by Gasteiger charge is 2.40. The molecule has 0 amide bonds. The van der Waals surface area contributed by atoms with Crippen molar-refractivity contribution in [3.05, 3.63) is 23.0 Å². The molecule has 2 aromatic rings. The van der Waals surface area contributed by atoms with Crippen molar-refractivity contribution >= 4 is 42.4 Å². The van der Waals surface area contributed by atoms with Gasteiger partial charge in [0, 0.05) is 10.7 Å². The molecule has 1 aromatic heterocycles. The second-order valence-electron chi connectivity index (χ2n) is 3.30. The van der Waals surface area contributed by atoms with Crippen molar-refractivity contribution in [2.75, 3.05) is 0 Å². The first-order valence-electron chi connectivity index (χ1n) is 4.31. The maximum atomic E-state index is 12.9. The summed E-state index contributed by atoms with van der Waals surface area (Å²) < 4.78 is 61.0. The van der Waals surface area contributed by atoms with Crippen LogP contribution >= 0.6 is 22.3 Å². The molecule has 18 heavy (non-hydrogen) atoms. The Hall–Kier alpha value is -0.990. The van der Waals surface area contributed by atoms with Crippen LogP contribution in [0.3, 0.4) is 0 Å². The molecule has 98 valence electrons. The molecule has 4 nitrogen and oxygen atoms in total. The van der Waals surface area contributed by atoms with Crippen LogP contribution in [0, 0.1) is 0 Å². The van der Waals surface area contributed by atoms with Crippen LogP contribution in [0.5, 0.6) is 0 Å². The molecule has 0 spiro atoms. The van der Waals surface area contributed by atoms with Gasteiger partial charge in [-0.2, -0.15) is 13.2 Å². The van der Waals surface area contributed by atoms with Gasteiger partial charge in [-0.05, 0) is 23.7 Å². The molecule has 0 bridgehead atoms. The molecule has 1 aromatic carbocycles. The molecule has 0 aliphatic heterocycles. The molecule has 0 aliphatic rings. The van der Waals surface area contributed by atoms with Crippen LogP contribution < -0.4 is 0 Å². The summed E-state index contributed by atoms with van der Waals surface area (Å²) >= 11 is 5.46. The number of H-pyrrole nitrogens is 1. The Bertz CT molecular complexity index is 724. The number of alkyl halides is 3. The standard InChI is InChI=1S/C8H3Cl2F3N2O2S/c9-7-14-3-1-2-4(18(10,16)17)5(6(3)15-7)8(11,12)13/h1-2H,(H,14,15). The Morgan fingerprint density at radius 2 is 1.89 bits per heavy atom. The fraction of sp³-hybridized carbons (Fsp3) is 0.125. The summed E-state index contributed by atoms with van der Waals surface area (Å²) in [5.74, 6) is 0. The summed E-state index contributed by atoms with van der Waals surface area (Å²) in [6.07, 6.45) is -4.92. The minimum absolute atomic E-state index is 0.0311. The van der Waals surface area contributed by atoms with E-state index >= 15 is 0 Å². The van der Waals surface area contributed by atoms with Gasteiger partial charge in [-0.1, -0.05) is 0 Å². The van der Waals surface area contributed by atoms with Crippen molar-refractivity contribution in [2.24, 2.45) is 0 Å². The Labute approximate surface area is 108 Å². The van der Waals surface area contributed by atoms with Crippen molar-refractivity contribution in [3.8, 4) is 0 Å². The van der Waals surface area contributed by atoms with E-state index in [1.807, 2.05) is 0 Å². The molecule has 0 aliphatic carbocycles. The summed E-state index contributed by atoms with van der Waals surface area (Å²) in [6.45, 7) is 0. The molecule has 0 atom stereocenters. The quantitative estimate of drug-likeness (QED) is 0.821. The first kappa shape index (κ1) is 13.4. The molecule has 2 rings (SSSR count). The van der Waals surface area contributed by atoms with Crippen LogP contribution in [0.2, 0.25) is 5.28 Å². The molecule has 0 saturated carbocycles. The highest BCUT2D eigenvalue weighted by molar-refractivity contribution is 8.13. The van der Waals surface area contributed by atoms with Gasteiger partial charge in [0.25, 0.3) is 9.05 Å². The lowest BCUT2D eigenvalue weighted by molar-refractivity contribution is -0.138. The van der Waals surface area contributed by atoms with Gasteiger partial charge in [0.1, 0.15) is 11.1 Å². The Morgan fingerprint density at radius 1 is 1.28 bits per heavy atom. The van der Waals surface area contributed by atoms with Gasteiger partial charge in [0.05, 0.1) is 10.4 Å². The number of hydrogen-bond donors (Lipinski definition) is 1. The van der Waals surface area contributed by atoms with Crippen molar-refractivity contribution in [3.63, 3.8) is 0 Å². The fourth-order valence-corrected chi connectivity index (χ4v) is 2.76. The predicted octanol–water partition coefficient (Wildman–Crippen LogP) is 3.16. The minimum Gasteiger partial charge on any atom is -0.329 e. The summed E-state index contributed by atoms with van der Waals surface area (Å²) in [4.78, 5) is 4.74. The molecule has 1 N–H and O–H groups in total. The van der Waals surface area contributed by atoms with Crippen LogP contribution in [0.4, 0.5) is 13.2 Å². The summed E-state index contributed by atoms with van der Waals surface area (Å²) in [7, 11) is 0.435. The first-order chi connectivity index (χ1) is 8.10. The van der Waals surface area contributed by atoms with Gasteiger partial charge in [-0.3, -0.25) is 0 Å². The van der Waals surface area contributed by atoms with Crippen LogP contribution in [0.1, 0.15) is 5.56 Å². The van der Waals surface area contributed by atoms with Crippen LogP contribution in [0.15, 0.2) is 17.0 Å². The zero-order chi connectivity index (χ0) is 13.7. The molecule has 10 heteroatoms. The van der Waals surface area contributed by atoms with Crippen molar-refractivity contribution < 1.29 is 21.6 Å². The number of aromatic amines is 1. The smallest absolute Gasteiger partial charge is 0.329 e. The maximum Gasteiger partial charge on any atom is 0.419 e. The second kappa shape index (κ2) is 4.01. The Kier molecular flexibility index (Phi) is 2.99. The molecule has 0 unspecified atom stereocenters. The Balaban J connectivity index is 2.97. The number of nitrogens with one attached hydrogen (secondary N) is 1. The average molecular weight is 319 g/mol. The lowest BCUT2D eigenvalue weighted by atomic mass is 10.2. The summed E-state index contributed by atoms with van der Waals surface area (Å²) in [5, 5.41) is -0.278. The van der Waals surface area contributed by atoms with Crippen molar-refractivity contribution in [2.45, 2.75) is 11.1 Å². The number of rotatable bonds is 1. The normalized spacial score (nSPS) is 13.2. The number of hydrogen-bond acceptors (Lipinski definition) is 3. The number of benzene rings is 1.